The Labute approximate surface area is 183 Å². The lowest BCUT2D eigenvalue weighted by molar-refractivity contribution is -0.118. The van der Waals surface area contributed by atoms with E-state index in [0.29, 0.717) is 18.1 Å². The monoisotopic (exact) mass is 438 g/mol. The van der Waals surface area contributed by atoms with Crippen LogP contribution in [0.25, 0.3) is 10.2 Å². The highest BCUT2D eigenvalue weighted by Crippen LogP contribution is 2.33. The minimum Gasteiger partial charge on any atom is -0.497 e. The summed E-state index contributed by atoms with van der Waals surface area (Å²) in [5.74, 6) is 2.45. The molecule has 0 unspecified atom stereocenters. The molecule has 0 fully saturated rings. The fourth-order valence-electron chi connectivity index (χ4n) is 3.02. The van der Waals surface area contributed by atoms with Gasteiger partial charge in [-0.1, -0.05) is 29.5 Å². The summed E-state index contributed by atoms with van der Waals surface area (Å²) in [6.07, 6.45) is 2.88. The van der Waals surface area contributed by atoms with Crippen molar-refractivity contribution >= 4 is 44.4 Å². The molecule has 0 radical (unpaired) electrons. The Bertz CT molecular complexity index is 1090. The predicted molar refractivity (Wildman–Crippen MR) is 122 cm³/mol. The molecule has 0 spiro atoms. The predicted octanol–water partition coefficient (Wildman–Crippen LogP) is 6.00. The summed E-state index contributed by atoms with van der Waals surface area (Å²) < 4.78 is 11.8. The molecule has 1 amide bonds. The van der Waals surface area contributed by atoms with Crippen molar-refractivity contribution in [3.63, 3.8) is 0 Å². The van der Waals surface area contributed by atoms with Gasteiger partial charge in [-0.3, -0.25) is 9.69 Å². The van der Waals surface area contributed by atoms with Crippen molar-refractivity contribution in [2.45, 2.75) is 24.3 Å². The van der Waals surface area contributed by atoms with E-state index in [1.807, 2.05) is 48.5 Å². The molecule has 30 heavy (non-hydrogen) atoms. The van der Waals surface area contributed by atoms with Gasteiger partial charge in [-0.25, -0.2) is 4.98 Å². The third-order valence-electron chi connectivity index (χ3n) is 4.56. The fraction of sp³-hybridized carbons (Fsp3) is 0.217. The zero-order valence-electron chi connectivity index (χ0n) is 16.6. The van der Waals surface area contributed by atoms with Crippen molar-refractivity contribution in [3.05, 3.63) is 72.7 Å². The minimum atomic E-state index is 0.0473. The molecule has 0 aliphatic heterocycles. The number of anilines is 1. The third kappa shape index (κ3) is 5.04. The number of fused-ring (bicyclic) bond motifs is 1. The minimum absolute atomic E-state index is 0.0473. The Hall–Kier alpha value is -2.77. The molecule has 4 rings (SSSR count). The largest absolute Gasteiger partial charge is 0.497 e. The molecule has 5 nitrogen and oxygen atoms in total. The quantitative estimate of drug-likeness (QED) is 0.237. The summed E-state index contributed by atoms with van der Waals surface area (Å²) in [5, 5.41) is 0.676. The number of amides is 1. The number of furan rings is 1. The van der Waals surface area contributed by atoms with Gasteiger partial charge >= 0.3 is 0 Å². The summed E-state index contributed by atoms with van der Waals surface area (Å²) >= 11 is 3.26. The highest BCUT2D eigenvalue weighted by atomic mass is 32.2. The Kier molecular flexibility index (Phi) is 6.71. The van der Waals surface area contributed by atoms with Crippen molar-refractivity contribution in [2.75, 3.05) is 17.8 Å². The lowest BCUT2D eigenvalue weighted by Gasteiger charge is -2.18. The number of methoxy groups -OCH3 is 1. The molecule has 0 N–H and O–H groups in total. The summed E-state index contributed by atoms with van der Waals surface area (Å²) in [4.78, 5) is 20.7. The second-order valence-electron chi connectivity index (χ2n) is 6.65. The molecule has 2 heterocycles. The van der Waals surface area contributed by atoms with Gasteiger partial charge in [0.15, 0.2) is 5.13 Å². The van der Waals surface area contributed by atoms with Crippen molar-refractivity contribution in [2.24, 2.45) is 0 Å². The van der Waals surface area contributed by atoms with Gasteiger partial charge in [-0.2, -0.15) is 0 Å². The molecule has 2 aromatic heterocycles. The highest BCUT2D eigenvalue weighted by Gasteiger charge is 2.21. The number of rotatable bonds is 9. The van der Waals surface area contributed by atoms with Gasteiger partial charge in [0.1, 0.15) is 11.5 Å². The highest BCUT2D eigenvalue weighted by molar-refractivity contribution is 7.99. The van der Waals surface area contributed by atoms with Gasteiger partial charge in [0.05, 0.1) is 30.1 Å². The average molecular weight is 439 g/mol. The van der Waals surface area contributed by atoms with Gasteiger partial charge in [0.25, 0.3) is 0 Å². The topological polar surface area (TPSA) is 55.6 Å². The van der Waals surface area contributed by atoms with Crippen molar-refractivity contribution in [1.29, 1.82) is 0 Å². The van der Waals surface area contributed by atoms with E-state index in [-0.39, 0.29) is 5.91 Å². The number of thiazole rings is 1. The van der Waals surface area contributed by atoms with E-state index in [4.69, 9.17) is 9.15 Å². The molecule has 154 valence electrons. The zero-order valence-corrected chi connectivity index (χ0v) is 18.2. The first kappa shape index (κ1) is 20.5. The molecule has 0 aliphatic carbocycles. The fourth-order valence-corrected chi connectivity index (χ4v) is 4.91. The molecule has 0 saturated carbocycles. The molecule has 4 aromatic rings. The van der Waals surface area contributed by atoms with Crippen molar-refractivity contribution in [1.82, 2.24) is 4.98 Å². The first-order valence-corrected chi connectivity index (χ1v) is 11.5. The normalized spacial score (nSPS) is 11.0. The van der Waals surface area contributed by atoms with Gasteiger partial charge in [-0.05, 0) is 54.6 Å². The molecule has 0 saturated heterocycles. The lowest BCUT2D eigenvalue weighted by atomic mass is 10.3. The van der Waals surface area contributed by atoms with Crippen LogP contribution in [0.1, 0.15) is 18.6 Å². The van der Waals surface area contributed by atoms with E-state index in [2.05, 4.69) is 17.1 Å². The average Bonchev–Trinajstić information content (AvgIpc) is 3.44. The van der Waals surface area contributed by atoms with E-state index in [9.17, 15) is 4.79 Å². The maximum atomic E-state index is 13.1. The number of aromatic nitrogens is 1. The summed E-state index contributed by atoms with van der Waals surface area (Å²) in [6.45, 7) is 0.370. The van der Waals surface area contributed by atoms with Crippen LogP contribution in [-0.4, -0.2) is 23.8 Å². The number of nitrogens with zero attached hydrogens (tertiary/aromatic N) is 2. The number of carbonyl (C=O) groups is 1. The van der Waals surface area contributed by atoms with Crippen LogP contribution in [0, 0.1) is 0 Å². The van der Waals surface area contributed by atoms with Gasteiger partial charge in [-0.15, -0.1) is 11.8 Å². The molecular formula is C23H22N2O3S2. The van der Waals surface area contributed by atoms with Crippen LogP contribution in [0.2, 0.25) is 0 Å². The van der Waals surface area contributed by atoms with E-state index in [1.165, 1.54) is 16.2 Å². The first-order valence-electron chi connectivity index (χ1n) is 9.68. The number of hydrogen-bond acceptors (Lipinski definition) is 6. The summed E-state index contributed by atoms with van der Waals surface area (Å²) in [6, 6.07) is 19.7. The smallest absolute Gasteiger partial charge is 0.229 e. The van der Waals surface area contributed by atoms with Crippen molar-refractivity contribution in [3.8, 4) is 5.75 Å². The van der Waals surface area contributed by atoms with Crippen LogP contribution in [0.4, 0.5) is 5.13 Å². The summed E-state index contributed by atoms with van der Waals surface area (Å²) in [5.41, 5.74) is 0.854. The molecule has 0 bridgehead atoms. The molecule has 2 aromatic carbocycles. The number of hydrogen-bond donors (Lipinski definition) is 0. The number of ether oxygens (including phenoxy) is 1. The Morgan fingerprint density at radius 2 is 2.03 bits per heavy atom. The SMILES string of the molecule is COc1ccc2nc(N(Cc3ccco3)C(=O)CCCSc3ccccc3)sc2c1. The van der Waals surface area contributed by atoms with E-state index >= 15 is 0 Å². The van der Waals surface area contributed by atoms with Gasteiger partial charge < -0.3 is 9.15 Å². The maximum Gasteiger partial charge on any atom is 0.229 e. The number of carbonyl (C=O) groups excluding carboxylic acids is 1. The van der Waals surface area contributed by atoms with Crippen molar-refractivity contribution < 1.29 is 13.9 Å². The van der Waals surface area contributed by atoms with Crippen LogP contribution in [0.5, 0.6) is 5.75 Å². The van der Waals surface area contributed by atoms with Crippen LogP contribution in [-0.2, 0) is 11.3 Å². The van der Waals surface area contributed by atoms with E-state index < -0.39 is 0 Å². The molecular weight excluding hydrogens is 416 g/mol. The van der Waals surface area contributed by atoms with E-state index in [1.54, 1.807) is 30.0 Å². The standard InChI is InChI=1S/C23H22N2O3S2/c1-27-17-11-12-20-21(15-17)30-23(24-20)25(16-18-7-5-13-28-18)22(26)10-6-14-29-19-8-3-2-4-9-19/h2-5,7-9,11-13,15H,6,10,14,16H2,1H3. The number of thioether (sulfide) groups is 1. The van der Waals surface area contributed by atoms with Crippen LogP contribution in [0.15, 0.2) is 76.2 Å². The van der Waals surface area contributed by atoms with Crippen LogP contribution < -0.4 is 9.64 Å². The Balaban J connectivity index is 1.47. The third-order valence-corrected chi connectivity index (χ3v) is 6.70. The number of benzene rings is 2. The molecule has 7 heteroatoms. The maximum absolute atomic E-state index is 13.1. The van der Waals surface area contributed by atoms with Crippen LogP contribution >= 0.6 is 23.1 Å². The lowest BCUT2D eigenvalue weighted by Crippen LogP contribution is -2.30. The van der Waals surface area contributed by atoms with E-state index in [0.717, 1.165) is 33.9 Å². The molecule has 0 atom stereocenters. The second kappa shape index (κ2) is 9.82. The first-order chi connectivity index (χ1) is 14.7. The van der Waals surface area contributed by atoms with Gasteiger partial charge in [0, 0.05) is 11.3 Å². The van der Waals surface area contributed by atoms with Crippen LogP contribution in [0.3, 0.4) is 0 Å². The zero-order chi connectivity index (χ0) is 20.8. The Morgan fingerprint density at radius 1 is 1.17 bits per heavy atom. The summed E-state index contributed by atoms with van der Waals surface area (Å²) in [7, 11) is 1.64. The van der Waals surface area contributed by atoms with Gasteiger partial charge in [0.2, 0.25) is 5.91 Å². The second-order valence-corrected chi connectivity index (χ2v) is 8.83. The Morgan fingerprint density at radius 3 is 2.80 bits per heavy atom. The molecule has 0 aliphatic rings.